The maximum atomic E-state index is 12.8. The zero-order chi connectivity index (χ0) is 19.7. The highest BCUT2D eigenvalue weighted by atomic mass is 79.9. The van der Waals surface area contributed by atoms with Crippen molar-refractivity contribution >= 4 is 56.4 Å². The summed E-state index contributed by atoms with van der Waals surface area (Å²) in [4.78, 5) is 12.8. The van der Waals surface area contributed by atoms with Crippen molar-refractivity contribution in [1.29, 1.82) is 0 Å². The summed E-state index contributed by atoms with van der Waals surface area (Å²) in [6, 6.07) is 13.2. The quantitative estimate of drug-likeness (QED) is 0.653. The van der Waals surface area contributed by atoms with Gasteiger partial charge in [0, 0.05) is 29.0 Å². The monoisotopic (exact) mass is 480 g/mol. The van der Waals surface area contributed by atoms with E-state index in [-0.39, 0.29) is 11.9 Å². The second kappa shape index (κ2) is 8.41. The molecule has 2 heterocycles. The van der Waals surface area contributed by atoms with Crippen molar-refractivity contribution in [1.82, 2.24) is 10.4 Å². The van der Waals surface area contributed by atoms with Gasteiger partial charge in [-0.25, -0.2) is 5.01 Å². The van der Waals surface area contributed by atoms with E-state index in [9.17, 15) is 4.79 Å². The van der Waals surface area contributed by atoms with Crippen molar-refractivity contribution in [2.45, 2.75) is 25.3 Å². The minimum absolute atomic E-state index is 0.119. The largest absolute Gasteiger partial charge is 0.284 e. The first kappa shape index (κ1) is 19.7. The third-order valence-corrected chi connectivity index (χ3v) is 6.02. The number of rotatable bonds is 4. The zero-order valence-corrected chi connectivity index (χ0v) is 18.1. The van der Waals surface area contributed by atoms with Crippen molar-refractivity contribution in [3.63, 3.8) is 0 Å². The third kappa shape index (κ3) is 4.20. The number of hydrogen-bond donors (Lipinski definition) is 1. The second-order valence-corrected chi connectivity index (χ2v) is 8.65. The van der Waals surface area contributed by atoms with Crippen LogP contribution in [-0.2, 0) is 4.79 Å². The molecule has 1 unspecified atom stereocenters. The number of carbonyl (C=O) groups excluding carboxylic acids is 1. The Kier molecular flexibility index (Phi) is 5.92. The first-order chi connectivity index (χ1) is 13.5. The summed E-state index contributed by atoms with van der Waals surface area (Å²) in [6.45, 7) is 1.75. The van der Waals surface area contributed by atoms with Crippen LogP contribution >= 0.6 is 39.1 Å². The molecule has 1 saturated heterocycles. The van der Waals surface area contributed by atoms with Crippen molar-refractivity contribution in [2.75, 3.05) is 18.1 Å². The molecule has 0 saturated carbocycles. The molecule has 1 fully saturated rings. The lowest BCUT2D eigenvalue weighted by molar-refractivity contribution is -0.119. The number of nitrogens with zero attached hydrogens (tertiary/aromatic N) is 3. The molecule has 8 heteroatoms. The number of anilines is 1. The average molecular weight is 482 g/mol. The second-order valence-electron chi connectivity index (χ2n) is 6.89. The van der Waals surface area contributed by atoms with Gasteiger partial charge in [-0.15, -0.1) is 0 Å². The van der Waals surface area contributed by atoms with Crippen LogP contribution in [0.25, 0.3) is 0 Å². The normalized spacial score (nSPS) is 19.8. The topological polar surface area (TPSA) is 47.9 Å². The summed E-state index contributed by atoms with van der Waals surface area (Å²) in [6.07, 6.45) is 2.70. The van der Waals surface area contributed by atoms with Gasteiger partial charge in [-0.1, -0.05) is 51.3 Å². The van der Waals surface area contributed by atoms with E-state index in [1.807, 2.05) is 40.3 Å². The predicted molar refractivity (Wildman–Crippen MR) is 117 cm³/mol. The lowest BCUT2D eigenvalue weighted by Crippen LogP contribution is -2.43. The first-order valence-corrected chi connectivity index (χ1v) is 10.7. The SMILES string of the molecule is O=C(NN1CCCC1)C1=NN(c2ccc(Cl)cc2Cl)C(c2ccc(Br)cc2)C1. The van der Waals surface area contributed by atoms with Crippen LogP contribution in [0.15, 0.2) is 52.0 Å². The number of halogens is 3. The Labute approximate surface area is 182 Å². The summed E-state index contributed by atoms with van der Waals surface area (Å²) >= 11 is 16.0. The number of hydrazine groups is 1. The number of hydrogen-bond acceptors (Lipinski definition) is 4. The van der Waals surface area contributed by atoms with Crippen molar-refractivity contribution < 1.29 is 4.79 Å². The highest BCUT2D eigenvalue weighted by Crippen LogP contribution is 2.39. The van der Waals surface area contributed by atoms with Crippen LogP contribution < -0.4 is 10.4 Å². The summed E-state index contributed by atoms with van der Waals surface area (Å²) in [5, 5.41) is 9.48. The molecule has 0 aromatic heterocycles. The summed E-state index contributed by atoms with van der Waals surface area (Å²) < 4.78 is 0.998. The molecule has 1 N–H and O–H groups in total. The highest BCUT2D eigenvalue weighted by Gasteiger charge is 2.34. The van der Waals surface area contributed by atoms with Gasteiger partial charge in [-0.2, -0.15) is 5.10 Å². The molecule has 1 atom stereocenters. The van der Waals surface area contributed by atoms with E-state index in [2.05, 4.69) is 26.5 Å². The minimum Gasteiger partial charge on any atom is -0.284 e. The van der Waals surface area contributed by atoms with Gasteiger partial charge in [0.05, 0.1) is 16.8 Å². The van der Waals surface area contributed by atoms with Gasteiger partial charge in [0.15, 0.2) is 0 Å². The van der Waals surface area contributed by atoms with E-state index in [1.165, 1.54) is 0 Å². The summed E-state index contributed by atoms with van der Waals surface area (Å²) in [5.41, 5.74) is 5.25. The molecule has 2 aliphatic rings. The number of carbonyl (C=O) groups is 1. The first-order valence-electron chi connectivity index (χ1n) is 9.14. The number of amides is 1. The fraction of sp³-hybridized carbons (Fsp3) is 0.300. The van der Waals surface area contributed by atoms with E-state index in [0.717, 1.165) is 41.7 Å². The fourth-order valence-electron chi connectivity index (χ4n) is 3.52. The molecule has 5 nitrogen and oxygen atoms in total. The Hall–Kier alpha value is -1.60. The molecule has 0 spiro atoms. The molecule has 2 aromatic carbocycles. The Morgan fingerprint density at radius 1 is 1.11 bits per heavy atom. The maximum absolute atomic E-state index is 12.8. The highest BCUT2D eigenvalue weighted by molar-refractivity contribution is 9.10. The molecular formula is C20H19BrCl2N4O. The van der Waals surface area contributed by atoms with Crippen LogP contribution in [0.3, 0.4) is 0 Å². The van der Waals surface area contributed by atoms with E-state index < -0.39 is 0 Å². The maximum Gasteiger partial charge on any atom is 0.281 e. The number of hydrazone groups is 1. The van der Waals surface area contributed by atoms with Crippen LogP contribution in [0.1, 0.15) is 30.9 Å². The minimum atomic E-state index is -0.156. The van der Waals surface area contributed by atoms with E-state index in [1.54, 1.807) is 12.1 Å². The van der Waals surface area contributed by atoms with Crippen LogP contribution in [0, 0.1) is 0 Å². The van der Waals surface area contributed by atoms with Gasteiger partial charge in [0.25, 0.3) is 5.91 Å². The number of nitrogens with one attached hydrogen (secondary N) is 1. The van der Waals surface area contributed by atoms with Crippen molar-refractivity contribution in [3.05, 3.63) is 62.5 Å². The molecule has 1 amide bonds. The molecule has 0 bridgehead atoms. The Morgan fingerprint density at radius 2 is 1.82 bits per heavy atom. The van der Waals surface area contributed by atoms with Gasteiger partial charge < -0.3 is 0 Å². The third-order valence-electron chi connectivity index (χ3n) is 4.95. The van der Waals surface area contributed by atoms with Crippen LogP contribution in [0.2, 0.25) is 10.0 Å². The molecule has 4 rings (SSSR count). The molecule has 2 aromatic rings. The van der Waals surface area contributed by atoms with Gasteiger partial charge in [-0.3, -0.25) is 15.2 Å². The van der Waals surface area contributed by atoms with E-state index >= 15 is 0 Å². The van der Waals surface area contributed by atoms with Crippen LogP contribution in [0.4, 0.5) is 5.69 Å². The zero-order valence-electron chi connectivity index (χ0n) is 15.0. The Balaban J connectivity index is 1.65. The van der Waals surface area contributed by atoms with Gasteiger partial charge in [0.2, 0.25) is 0 Å². The van der Waals surface area contributed by atoms with E-state index in [0.29, 0.717) is 22.2 Å². The van der Waals surface area contributed by atoms with Gasteiger partial charge in [-0.05, 0) is 48.7 Å². The number of benzene rings is 2. The average Bonchev–Trinajstić information content (AvgIpc) is 3.32. The molecular weight excluding hydrogens is 463 g/mol. The standard InChI is InChI=1S/C20H19BrCl2N4O/c21-14-5-3-13(4-6-14)19-12-17(20(28)25-26-9-1-2-10-26)24-27(19)18-8-7-15(22)11-16(18)23/h3-8,11,19H,1-2,9-10,12H2,(H,25,28). The van der Waals surface area contributed by atoms with Crippen molar-refractivity contribution in [2.24, 2.45) is 5.10 Å². The summed E-state index contributed by atoms with van der Waals surface area (Å²) in [5.74, 6) is -0.156. The lowest BCUT2D eigenvalue weighted by atomic mass is 10.0. The molecule has 0 radical (unpaired) electrons. The van der Waals surface area contributed by atoms with Gasteiger partial charge >= 0.3 is 0 Å². The van der Waals surface area contributed by atoms with Crippen LogP contribution in [-0.4, -0.2) is 29.7 Å². The predicted octanol–water partition coefficient (Wildman–Crippen LogP) is 5.19. The fourth-order valence-corrected chi connectivity index (χ4v) is 4.28. The summed E-state index contributed by atoms with van der Waals surface area (Å²) in [7, 11) is 0. The van der Waals surface area contributed by atoms with Crippen molar-refractivity contribution in [3.8, 4) is 0 Å². The molecule has 2 aliphatic heterocycles. The smallest absolute Gasteiger partial charge is 0.281 e. The Bertz CT molecular complexity index is 913. The van der Waals surface area contributed by atoms with Crippen LogP contribution in [0.5, 0.6) is 0 Å². The Morgan fingerprint density at radius 3 is 2.50 bits per heavy atom. The molecule has 28 heavy (non-hydrogen) atoms. The van der Waals surface area contributed by atoms with Gasteiger partial charge in [0.1, 0.15) is 5.71 Å². The molecule has 0 aliphatic carbocycles. The lowest BCUT2D eigenvalue weighted by Gasteiger charge is -2.25. The molecule has 146 valence electrons. The van der Waals surface area contributed by atoms with E-state index in [4.69, 9.17) is 23.2 Å².